The summed E-state index contributed by atoms with van der Waals surface area (Å²) in [7, 11) is 0. The lowest BCUT2D eigenvalue weighted by Crippen LogP contribution is -2.39. The molecule has 140 valence electrons. The van der Waals surface area contributed by atoms with Crippen molar-refractivity contribution in [1.29, 1.82) is 0 Å². The molecule has 5 rings (SSSR count). The molecule has 0 atom stereocenters. The molecule has 3 heterocycles. The highest BCUT2D eigenvalue weighted by Gasteiger charge is 2.26. The van der Waals surface area contributed by atoms with E-state index in [0.717, 1.165) is 55.0 Å². The fourth-order valence-corrected chi connectivity index (χ4v) is 4.22. The molecule has 0 unspecified atom stereocenters. The van der Waals surface area contributed by atoms with Gasteiger partial charge in [0.25, 0.3) is 0 Å². The Hall–Kier alpha value is -3.11. The highest BCUT2D eigenvalue weighted by Crippen LogP contribution is 2.32. The van der Waals surface area contributed by atoms with E-state index in [2.05, 4.69) is 63.3 Å². The molecule has 1 saturated heterocycles. The highest BCUT2D eigenvalue weighted by atomic mass is 15.2. The maximum Gasteiger partial charge on any atom is 0.107 e. The number of piperidine rings is 1. The lowest BCUT2D eigenvalue weighted by molar-refractivity contribution is 0.275. The van der Waals surface area contributed by atoms with Gasteiger partial charge in [-0.15, -0.1) is 0 Å². The van der Waals surface area contributed by atoms with Crippen LogP contribution in [-0.2, 0) is 6.54 Å². The van der Waals surface area contributed by atoms with E-state index in [0.29, 0.717) is 0 Å². The van der Waals surface area contributed by atoms with E-state index in [1.807, 2.05) is 24.4 Å². The molecule has 2 aromatic carbocycles. The van der Waals surface area contributed by atoms with Crippen LogP contribution >= 0.6 is 0 Å². The van der Waals surface area contributed by atoms with Crippen molar-refractivity contribution in [3.05, 3.63) is 95.5 Å². The summed E-state index contributed by atoms with van der Waals surface area (Å²) < 4.78 is 0. The zero-order chi connectivity index (χ0) is 18.9. The standard InChI is InChI=1S/C24H24N4/c25-24-22-11-12-27(16-18-6-2-1-3-7-18)17-20(22)10-13-28(24)21-14-19-8-4-5-9-23(19)26-15-21/h1-10,14-15H,11-13,16-17,25H2. The molecule has 1 fully saturated rings. The molecule has 0 saturated carbocycles. The van der Waals surface area contributed by atoms with Crippen molar-refractivity contribution in [3.8, 4) is 0 Å². The quantitative estimate of drug-likeness (QED) is 0.757. The molecule has 0 spiro atoms. The summed E-state index contributed by atoms with van der Waals surface area (Å²) in [5.41, 5.74) is 12.7. The number of nitrogens with two attached hydrogens (primary N) is 1. The summed E-state index contributed by atoms with van der Waals surface area (Å²) in [5, 5.41) is 1.14. The van der Waals surface area contributed by atoms with E-state index < -0.39 is 0 Å². The largest absolute Gasteiger partial charge is 0.385 e. The van der Waals surface area contributed by atoms with E-state index in [-0.39, 0.29) is 0 Å². The maximum absolute atomic E-state index is 6.63. The number of anilines is 1. The summed E-state index contributed by atoms with van der Waals surface area (Å²) in [4.78, 5) is 9.30. The Morgan fingerprint density at radius 3 is 2.71 bits per heavy atom. The highest BCUT2D eigenvalue weighted by molar-refractivity contribution is 5.82. The Kier molecular flexibility index (Phi) is 4.34. The molecular formula is C24H24N4. The molecule has 2 aliphatic heterocycles. The minimum absolute atomic E-state index is 0.795. The van der Waals surface area contributed by atoms with Gasteiger partial charge in [-0.2, -0.15) is 0 Å². The first-order chi connectivity index (χ1) is 13.8. The number of aromatic nitrogens is 1. The first kappa shape index (κ1) is 17.0. The van der Waals surface area contributed by atoms with Crippen LogP contribution in [0.15, 0.2) is 89.9 Å². The minimum atomic E-state index is 0.795. The molecule has 4 heteroatoms. The smallest absolute Gasteiger partial charge is 0.107 e. The van der Waals surface area contributed by atoms with E-state index in [1.165, 1.54) is 16.7 Å². The number of benzene rings is 2. The van der Waals surface area contributed by atoms with Gasteiger partial charge in [0.1, 0.15) is 5.82 Å². The second-order valence-electron chi connectivity index (χ2n) is 7.54. The number of para-hydroxylation sites is 1. The van der Waals surface area contributed by atoms with Crippen LogP contribution in [0.3, 0.4) is 0 Å². The van der Waals surface area contributed by atoms with Gasteiger partial charge in [0, 0.05) is 31.6 Å². The van der Waals surface area contributed by atoms with Crippen LogP contribution in [0.2, 0.25) is 0 Å². The molecule has 2 N–H and O–H groups in total. The number of hydrogen-bond acceptors (Lipinski definition) is 4. The van der Waals surface area contributed by atoms with E-state index in [9.17, 15) is 0 Å². The van der Waals surface area contributed by atoms with Crippen LogP contribution in [0.25, 0.3) is 10.9 Å². The van der Waals surface area contributed by atoms with Crippen molar-refractivity contribution >= 4 is 16.6 Å². The van der Waals surface area contributed by atoms with Crippen molar-refractivity contribution in [2.45, 2.75) is 13.0 Å². The molecule has 0 amide bonds. The van der Waals surface area contributed by atoms with Gasteiger partial charge >= 0.3 is 0 Å². The van der Waals surface area contributed by atoms with E-state index in [1.54, 1.807) is 0 Å². The SMILES string of the molecule is NC1=C2CCN(Cc3ccccc3)CC2=CCN1c1cnc2ccccc2c1. The number of hydrogen-bond donors (Lipinski definition) is 1. The van der Waals surface area contributed by atoms with Gasteiger partial charge in [-0.25, -0.2) is 0 Å². The lowest BCUT2D eigenvalue weighted by Gasteiger charge is -2.37. The maximum atomic E-state index is 6.63. The minimum Gasteiger partial charge on any atom is -0.385 e. The molecule has 3 aromatic rings. The summed E-state index contributed by atoms with van der Waals surface area (Å²) in [5.74, 6) is 0.883. The Labute approximate surface area is 165 Å². The van der Waals surface area contributed by atoms with Crippen molar-refractivity contribution in [2.24, 2.45) is 5.73 Å². The average molecular weight is 368 g/mol. The number of nitrogens with zero attached hydrogens (tertiary/aromatic N) is 3. The number of pyridine rings is 1. The zero-order valence-corrected chi connectivity index (χ0v) is 15.9. The second-order valence-corrected chi connectivity index (χ2v) is 7.54. The molecule has 0 bridgehead atoms. The van der Waals surface area contributed by atoms with Gasteiger partial charge in [0.2, 0.25) is 0 Å². The summed E-state index contributed by atoms with van der Waals surface area (Å²) in [6, 6.07) is 21.1. The van der Waals surface area contributed by atoms with Gasteiger partial charge in [0.05, 0.1) is 17.4 Å². The third-order valence-electron chi connectivity index (χ3n) is 5.72. The second kappa shape index (κ2) is 7.13. The van der Waals surface area contributed by atoms with Gasteiger partial charge in [-0.1, -0.05) is 54.6 Å². The summed E-state index contributed by atoms with van der Waals surface area (Å²) in [6.45, 7) is 3.79. The van der Waals surface area contributed by atoms with Crippen LogP contribution < -0.4 is 10.6 Å². The van der Waals surface area contributed by atoms with Crippen molar-refractivity contribution in [1.82, 2.24) is 9.88 Å². The van der Waals surface area contributed by atoms with Crippen molar-refractivity contribution in [2.75, 3.05) is 24.5 Å². The molecule has 0 radical (unpaired) electrons. The Bertz CT molecular complexity index is 1070. The van der Waals surface area contributed by atoms with Gasteiger partial charge < -0.3 is 10.6 Å². The van der Waals surface area contributed by atoms with Crippen LogP contribution in [0.1, 0.15) is 12.0 Å². The van der Waals surface area contributed by atoms with E-state index in [4.69, 9.17) is 5.73 Å². The Balaban J connectivity index is 1.36. The van der Waals surface area contributed by atoms with Crippen molar-refractivity contribution < 1.29 is 0 Å². The number of fused-ring (bicyclic) bond motifs is 2. The molecule has 2 aliphatic rings. The first-order valence-electron chi connectivity index (χ1n) is 9.84. The van der Waals surface area contributed by atoms with Crippen LogP contribution in [0.4, 0.5) is 5.69 Å². The average Bonchev–Trinajstić information content (AvgIpc) is 2.74. The molecule has 28 heavy (non-hydrogen) atoms. The number of rotatable bonds is 3. The first-order valence-corrected chi connectivity index (χ1v) is 9.84. The predicted octanol–water partition coefficient (Wildman–Crippen LogP) is 4.06. The summed E-state index contributed by atoms with van der Waals surface area (Å²) in [6.07, 6.45) is 5.25. The monoisotopic (exact) mass is 368 g/mol. The van der Waals surface area contributed by atoms with Gasteiger partial charge in [-0.3, -0.25) is 9.88 Å². The van der Waals surface area contributed by atoms with E-state index >= 15 is 0 Å². The van der Waals surface area contributed by atoms with Crippen molar-refractivity contribution in [3.63, 3.8) is 0 Å². The zero-order valence-electron chi connectivity index (χ0n) is 15.9. The van der Waals surface area contributed by atoms with Crippen LogP contribution in [0.5, 0.6) is 0 Å². The summed E-state index contributed by atoms with van der Waals surface area (Å²) >= 11 is 0. The van der Waals surface area contributed by atoms with Crippen LogP contribution in [-0.4, -0.2) is 29.5 Å². The molecule has 1 aromatic heterocycles. The number of likely N-dealkylation sites (tertiary alicyclic amines) is 1. The Morgan fingerprint density at radius 2 is 1.82 bits per heavy atom. The topological polar surface area (TPSA) is 45.4 Å². The fourth-order valence-electron chi connectivity index (χ4n) is 4.22. The van der Waals surface area contributed by atoms with Gasteiger partial charge in [0.15, 0.2) is 0 Å². The Morgan fingerprint density at radius 1 is 1.00 bits per heavy atom. The molecular weight excluding hydrogens is 344 g/mol. The normalized spacial score (nSPS) is 17.6. The predicted molar refractivity (Wildman–Crippen MR) is 115 cm³/mol. The lowest BCUT2D eigenvalue weighted by atomic mass is 9.94. The molecule has 4 nitrogen and oxygen atoms in total. The molecule has 0 aliphatic carbocycles. The third-order valence-corrected chi connectivity index (χ3v) is 5.72. The van der Waals surface area contributed by atoms with Crippen LogP contribution in [0, 0.1) is 0 Å². The third kappa shape index (κ3) is 3.16. The van der Waals surface area contributed by atoms with Gasteiger partial charge in [-0.05, 0) is 35.3 Å². The fraction of sp³-hybridized carbons (Fsp3) is 0.208.